The second-order valence-electron chi connectivity index (χ2n) is 10.0. The number of rotatable bonds is 8. The lowest BCUT2D eigenvalue weighted by atomic mass is 9.95. The molecule has 1 aliphatic rings. The molecular formula is C33H31N3O4. The first kappa shape index (κ1) is 26.7. The molecule has 40 heavy (non-hydrogen) atoms. The number of aromatic nitrogens is 1. The molecular weight excluding hydrogens is 502 g/mol. The SMILES string of the molecule is Cc1ccccc1COc1ccc(/C([O-])=C2\C(=O)C(=O)N(Cc3cc[nH+]cc3)C2c2ccc(N(C)C)cc2)cc1. The lowest BCUT2D eigenvalue weighted by Gasteiger charge is -2.28. The van der Waals surface area contributed by atoms with Gasteiger partial charge >= 0.3 is 0 Å². The monoisotopic (exact) mass is 533 g/mol. The number of carbonyl (C=O) groups is 2. The van der Waals surface area contributed by atoms with E-state index in [4.69, 9.17) is 4.74 Å². The topological polar surface area (TPSA) is 87.0 Å². The molecule has 0 aliphatic carbocycles. The molecule has 1 saturated heterocycles. The van der Waals surface area contributed by atoms with Crippen molar-refractivity contribution in [2.75, 3.05) is 19.0 Å². The zero-order chi connectivity index (χ0) is 28.2. The smallest absolute Gasteiger partial charge is 0.295 e. The summed E-state index contributed by atoms with van der Waals surface area (Å²) in [5.41, 5.74) is 5.01. The van der Waals surface area contributed by atoms with Crippen molar-refractivity contribution >= 4 is 23.1 Å². The molecule has 4 aromatic rings. The number of likely N-dealkylation sites (tertiary alicyclic amines) is 1. The zero-order valence-electron chi connectivity index (χ0n) is 22.8. The number of pyridine rings is 1. The van der Waals surface area contributed by atoms with Crippen molar-refractivity contribution in [2.45, 2.75) is 26.1 Å². The molecule has 1 amide bonds. The second-order valence-corrected chi connectivity index (χ2v) is 10.0. The first-order chi connectivity index (χ1) is 19.3. The van der Waals surface area contributed by atoms with Crippen molar-refractivity contribution in [3.63, 3.8) is 0 Å². The van der Waals surface area contributed by atoms with E-state index < -0.39 is 23.5 Å². The van der Waals surface area contributed by atoms with Crippen LogP contribution in [0.25, 0.3) is 5.76 Å². The molecule has 1 fully saturated rings. The number of ketones is 1. The fourth-order valence-corrected chi connectivity index (χ4v) is 4.85. The Labute approximate surface area is 234 Å². The van der Waals surface area contributed by atoms with Gasteiger partial charge in [0.25, 0.3) is 5.91 Å². The Morgan fingerprint density at radius 3 is 2.25 bits per heavy atom. The number of carbonyl (C=O) groups excluding carboxylic acids is 2. The summed E-state index contributed by atoms with van der Waals surface area (Å²) in [7, 11) is 3.87. The predicted molar refractivity (Wildman–Crippen MR) is 151 cm³/mol. The summed E-state index contributed by atoms with van der Waals surface area (Å²) < 4.78 is 5.92. The summed E-state index contributed by atoms with van der Waals surface area (Å²) in [5.74, 6) is -1.31. The van der Waals surface area contributed by atoms with E-state index in [1.165, 1.54) is 4.90 Å². The number of anilines is 1. The molecule has 1 unspecified atom stereocenters. The second kappa shape index (κ2) is 11.5. The van der Waals surface area contributed by atoms with Gasteiger partial charge in [0.15, 0.2) is 12.4 Å². The van der Waals surface area contributed by atoms with Crippen LogP contribution in [-0.2, 0) is 22.7 Å². The maximum atomic E-state index is 13.8. The van der Waals surface area contributed by atoms with Gasteiger partial charge in [-0.3, -0.25) is 9.59 Å². The molecule has 202 valence electrons. The first-order valence-electron chi connectivity index (χ1n) is 13.1. The van der Waals surface area contributed by atoms with Gasteiger partial charge < -0.3 is 19.6 Å². The van der Waals surface area contributed by atoms with Crippen molar-refractivity contribution in [1.82, 2.24) is 4.90 Å². The summed E-state index contributed by atoms with van der Waals surface area (Å²) in [6.07, 6.45) is 3.52. The lowest BCUT2D eigenvalue weighted by Crippen LogP contribution is -2.29. The average Bonchev–Trinajstić information content (AvgIpc) is 3.22. The van der Waals surface area contributed by atoms with Crippen molar-refractivity contribution in [3.8, 4) is 5.75 Å². The molecule has 0 spiro atoms. The third kappa shape index (κ3) is 5.45. The highest BCUT2D eigenvalue weighted by molar-refractivity contribution is 6.46. The number of H-pyrrole nitrogens is 1. The number of ether oxygens (including phenoxy) is 1. The van der Waals surface area contributed by atoms with Crippen molar-refractivity contribution < 1.29 is 24.4 Å². The molecule has 2 heterocycles. The molecule has 1 aromatic heterocycles. The number of hydrogen-bond donors (Lipinski definition) is 0. The van der Waals surface area contributed by atoms with E-state index in [2.05, 4.69) is 4.98 Å². The third-order valence-corrected chi connectivity index (χ3v) is 7.17. The molecule has 0 bridgehead atoms. The van der Waals surface area contributed by atoms with Crippen LogP contribution in [-0.4, -0.2) is 30.7 Å². The van der Waals surface area contributed by atoms with Gasteiger partial charge in [-0.2, -0.15) is 0 Å². The molecule has 7 heteroatoms. The molecule has 7 nitrogen and oxygen atoms in total. The van der Waals surface area contributed by atoms with Gasteiger partial charge in [-0.15, -0.1) is 0 Å². The number of hydrogen-bond acceptors (Lipinski definition) is 5. The fourth-order valence-electron chi connectivity index (χ4n) is 4.85. The van der Waals surface area contributed by atoms with Crippen LogP contribution in [0.3, 0.4) is 0 Å². The maximum Gasteiger partial charge on any atom is 0.295 e. The van der Waals surface area contributed by atoms with Gasteiger partial charge in [0, 0.05) is 44.0 Å². The number of Topliss-reactive ketones (excluding diaryl/α,β-unsaturated/α-hetero) is 1. The van der Waals surface area contributed by atoms with E-state index in [1.54, 1.807) is 36.7 Å². The van der Waals surface area contributed by atoms with Crippen LogP contribution in [0.1, 0.15) is 33.9 Å². The highest BCUT2D eigenvalue weighted by Crippen LogP contribution is 2.40. The Morgan fingerprint density at radius 1 is 0.925 bits per heavy atom. The standard InChI is InChI=1S/C33H31N3O4/c1-22-6-4-5-7-26(22)21-40-28-14-10-25(11-15-28)31(37)29-30(24-8-12-27(13-9-24)35(2)3)36(33(39)32(29)38)20-23-16-18-34-19-17-23/h4-19,30,37H,20-21H2,1-3H3/b31-29+. The summed E-state index contributed by atoms with van der Waals surface area (Å²) in [4.78, 5) is 33.0. The first-order valence-corrected chi connectivity index (χ1v) is 13.1. The van der Waals surface area contributed by atoms with Crippen LogP contribution in [0.5, 0.6) is 5.75 Å². The van der Waals surface area contributed by atoms with Crippen molar-refractivity contribution in [2.24, 2.45) is 0 Å². The quantitative estimate of drug-likeness (QED) is 0.195. The van der Waals surface area contributed by atoms with Gasteiger partial charge in [-0.05, 0) is 59.0 Å². The van der Waals surface area contributed by atoms with Crippen LogP contribution in [0.15, 0.2) is 103 Å². The zero-order valence-corrected chi connectivity index (χ0v) is 22.8. The maximum absolute atomic E-state index is 13.8. The highest BCUT2D eigenvalue weighted by Gasteiger charge is 2.44. The predicted octanol–water partition coefficient (Wildman–Crippen LogP) is 3.88. The molecule has 0 saturated carbocycles. The van der Waals surface area contributed by atoms with E-state index in [9.17, 15) is 14.7 Å². The third-order valence-electron chi connectivity index (χ3n) is 7.17. The molecule has 1 aliphatic heterocycles. The Bertz CT molecular complexity index is 1550. The highest BCUT2D eigenvalue weighted by atomic mass is 16.5. The summed E-state index contributed by atoms with van der Waals surface area (Å²) in [5, 5.41) is 13.8. The van der Waals surface area contributed by atoms with Gasteiger partial charge in [0.1, 0.15) is 12.4 Å². The van der Waals surface area contributed by atoms with Crippen LogP contribution >= 0.6 is 0 Å². The Kier molecular flexibility index (Phi) is 7.64. The Hall–Kier alpha value is -4.91. The summed E-state index contributed by atoms with van der Waals surface area (Å²) >= 11 is 0. The van der Waals surface area contributed by atoms with Gasteiger partial charge in [0.2, 0.25) is 5.78 Å². The fraction of sp³-hybridized carbons (Fsp3) is 0.182. The lowest BCUT2D eigenvalue weighted by molar-refractivity contribution is -0.378. The van der Waals surface area contributed by atoms with Gasteiger partial charge in [-0.1, -0.05) is 54.3 Å². The minimum absolute atomic E-state index is 0.0429. The largest absolute Gasteiger partial charge is 0.872 e. The normalized spacial score (nSPS) is 16.3. The van der Waals surface area contributed by atoms with Crippen LogP contribution in [0, 0.1) is 6.92 Å². The number of nitrogens with zero attached hydrogens (tertiary/aromatic N) is 2. The average molecular weight is 534 g/mol. The molecule has 3 aromatic carbocycles. The Morgan fingerprint density at radius 2 is 1.60 bits per heavy atom. The van der Waals surface area contributed by atoms with E-state index >= 15 is 0 Å². The number of benzene rings is 3. The number of nitrogens with one attached hydrogen (secondary N) is 1. The van der Waals surface area contributed by atoms with E-state index in [-0.39, 0.29) is 12.1 Å². The summed E-state index contributed by atoms with van der Waals surface area (Å²) in [6.45, 7) is 2.63. The van der Waals surface area contributed by atoms with Gasteiger partial charge in [-0.25, -0.2) is 4.98 Å². The summed E-state index contributed by atoms with van der Waals surface area (Å²) in [6, 6.07) is 25.2. The minimum atomic E-state index is -0.801. The van der Waals surface area contributed by atoms with Crippen LogP contribution in [0.4, 0.5) is 5.69 Å². The molecule has 5 rings (SSSR count). The van der Waals surface area contributed by atoms with Crippen LogP contribution < -0.4 is 19.7 Å². The van der Waals surface area contributed by atoms with Crippen molar-refractivity contribution in [3.05, 3.63) is 131 Å². The molecule has 1 atom stereocenters. The minimum Gasteiger partial charge on any atom is -0.872 e. The van der Waals surface area contributed by atoms with Gasteiger partial charge in [0.05, 0.1) is 6.04 Å². The number of amides is 1. The molecule has 1 N–H and O–H groups in total. The van der Waals surface area contributed by atoms with E-state index in [1.807, 2.05) is 86.6 Å². The number of aromatic amines is 1. The Balaban J connectivity index is 1.48. The van der Waals surface area contributed by atoms with E-state index in [0.29, 0.717) is 23.5 Å². The molecule has 0 radical (unpaired) electrons. The van der Waals surface area contributed by atoms with Crippen molar-refractivity contribution in [1.29, 1.82) is 0 Å². The number of aryl methyl sites for hydroxylation is 1. The van der Waals surface area contributed by atoms with Crippen LogP contribution in [0.2, 0.25) is 0 Å². The van der Waals surface area contributed by atoms with E-state index in [0.717, 1.165) is 22.4 Å².